The van der Waals surface area contributed by atoms with Gasteiger partial charge in [-0.3, -0.25) is 9.78 Å². The van der Waals surface area contributed by atoms with Crippen molar-refractivity contribution >= 4 is 11.9 Å². The van der Waals surface area contributed by atoms with Crippen molar-refractivity contribution in [2.24, 2.45) is 0 Å². The molecular weight excluding hydrogens is 224 g/mol. The largest absolute Gasteiger partial charge is 0.548 e. The van der Waals surface area contributed by atoms with Gasteiger partial charge in [-0.1, -0.05) is 0 Å². The maximum Gasteiger partial charge on any atom is 0.256 e. The summed E-state index contributed by atoms with van der Waals surface area (Å²) in [6, 6.07) is 0.379. The van der Waals surface area contributed by atoms with Crippen LogP contribution in [0, 0.1) is 0 Å². The number of likely N-dealkylation sites (tertiary alicyclic amines) is 1. The average molecular weight is 235 g/mol. The van der Waals surface area contributed by atoms with Gasteiger partial charge < -0.3 is 19.9 Å². The molecule has 6 nitrogen and oxygen atoms in total. The van der Waals surface area contributed by atoms with Crippen LogP contribution in [-0.2, 0) is 4.79 Å². The number of aliphatic carboxylic acids is 1. The molecule has 1 N–H and O–H groups in total. The van der Waals surface area contributed by atoms with Gasteiger partial charge in [-0.25, -0.2) is 0 Å². The van der Waals surface area contributed by atoms with Crippen LogP contribution >= 0.6 is 0 Å². The minimum atomic E-state index is -1.25. The van der Waals surface area contributed by atoms with Crippen LogP contribution in [0.5, 0.6) is 5.75 Å². The van der Waals surface area contributed by atoms with Crippen molar-refractivity contribution in [1.82, 2.24) is 9.88 Å². The summed E-state index contributed by atoms with van der Waals surface area (Å²) in [6.07, 6.45) is 3.54. The zero-order valence-corrected chi connectivity index (χ0v) is 9.00. The van der Waals surface area contributed by atoms with Gasteiger partial charge in [0.1, 0.15) is 5.75 Å². The molecular formula is C11H11N2O4-. The zero-order valence-electron chi connectivity index (χ0n) is 9.00. The summed E-state index contributed by atoms with van der Waals surface area (Å²) in [5.74, 6) is -1.82. The number of aromatic nitrogens is 1. The topological polar surface area (TPSA) is 93.6 Å². The van der Waals surface area contributed by atoms with E-state index >= 15 is 0 Å². The molecule has 17 heavy (non-hydrogen) atoms. The minimum absolute atomic E-state index is 0.125. The molecule has 1 atom stereocenters. The Morgan fingerprint density at radius 2 is 2.24 bits per heavy atom. The summed E-state index contributed by atoms with van der Waals surface area (Å²) in [5, 5.41) is 20.1. The third-order valence-corrected chi connectivity index (χ3v) is 2.76. The van der Waals surface area contributed by atoms with E-state index in [9.17, 15) is 19.8 Å². The number of carboxylic acids is 1. The van der Waals surface area contributed by atoms with Crippen molar-refractivity contribution in [2.45, 2.75) is 18.9 Å². The van der Waals surface area contributed by atoms with Gasteiger partial charge in [0.25, 0.3) is 5.91 Å². The number of carbonyl (C=O) groups excluding carboxylic acids is 2. The van der Waals surface area contributed by atoms with Gasteiger partial charge >= 0.3 is 0 Å². The first kappa shape index (κ1) is 11.4. The van der Waals surface area contributed by atoms with Gasteiger partial charge in [-0.05, 0) is 18.9 Å². The molecule has 0 aliphatic carbocycles. The fraction of sp³-hybridized carbons (Fsp3) is 0.364. The number of aromatic hydroxyl groups is 1. The molecule has 0 unspecified atom stereocenters. The number of pyridine rings is 1. The highest BCUT2D eigenvalue weighted by atomic mass is 16.4. The van der Waals surface area contributed by atoms with E-state index < -0.39 is 17.9 Å². The predicted molar refractivity (Wildman–Crippen MR) is 55.0 cm³/mol. The summed E-state index contributed by atoms with van der Waals surface area (Å²) < 4.78 is 0. The van der Waals surface area contributed by atoms with E-state index in [0.29, 0.717) is 19.4 Å². The van der Waals surface area contributed by atoms with E-state index in [2.05, 4.69) is 4.98 Å². The lowest BCUT2D eigenvalue weighted by molar-refractivity contribution is -0.310. The lowest BCUT2D eigenvalue weighted by Crippen LogP contribution is -2.47. The molecule has 1 aliphatic heterocycles. The number of nitrogens with zero attached hydrogens (tertiary/aromatic N) is 2. The molecule has 2 heterocycles. The first-order valence-corrected chi connectivity index (χ1v) is 5.25. The standard InChI is InChI=1S/C11H12N2O4/c14-8-4-7(5-12-6-8)10(15)13-3-1-2-9(13)11(16)17/h4-6,9,14H,1-3H2,(H,16,17)/p-1/t9-/m1/s1. The Labute approximate surface area is 97.5 Å². The molecule has 1 aromatic heterocycles. The van der Waals surface area contributed by atoms with Crippen molar-refractivity contribution in [1.29, 1.82) is 0 Å². The molecule has 1 aliphatic rings. The summed E-state index contributed by atoms with van der Waals surface area (Å²) in [6.45, 7) is 0.382. The van der Waals surface area contributed by atoms with Crippen LogP contribution < -0.4 is 5.11 Å². The van der Waals surface area contributed by atoms with Crippen molar-refractivity contribution < 1.29 is 19.8 Å². The number of rotatable bonds is 2. The maximum atomic E-state index is 12.0. The molecule has 0 saturated carbocycles. The SMILES string of the molecule is O=C([O-])[C@H]1CCCN1C(=O)c1cncc(O)c1. The number of amides is 1. The molecule has 2 rings (SSSR count). The van der Waals surface area contributed by atoms with Crippen LogP contribution in [0.15, 0.2) is 18.5 Å². The Balaban J connectivity index is 2.23. The van der Waals surface area contributed by atoms with E-state index in [4.69, 9.17) is 0 Å². The summed E-state index contributed by atoms with van der Waals surface area (Å²) in [4.78, 5) is 27.8. The summed E-state index contributed by atoms with van der Waals surface area (Å²) >= 11 is 0. The smallest absolute Gasteiger partial charge is 0.256 e. The number of carboxylic acid groups (broad SMARTS) is 1. The van der Waals surface area contributed by atoms with Crippen LogP contribution in [0.1, 0.15) is 23.2 Å². The Bertz CT molecular complexity index is 461. The van der Waals surface area contributed by atoms with Gasteiger partial charge in [0.15, 0.2) is 0 Å². The normalized spacial score (nSPS) is 19.3. The van der Waals surface area contributed by atoms with E-state index in [0.717, 1.165) is 0 Å². The van der Waals surface area contributed by atoms with Crippen LogP contribution in [0.3, 0.4) is 0 Å². The molecule has 6 heteroatoms. The lowest BCUT2D eigenvalue weighted by Gasteiger charge is -2.25. The van der Waals surface area contributed by atoms with Crippen LogP contribution in [0.2, 0.25) is 0 Å². The number of hydrogen-bond acceptors (Lipinski definition) is 5. The van der Waals surface area contributed by atoms with Crippen molar-refractivity contribution in [3.8, 4) is 5.75 Å². The van der Waals surface area contributed by atoms with E-state index in [1.807, 2.05) is 0 Å². The molecule has 1 fully saturated rings. The molecule has 1 saturated heterocycles. The molecule has 1 amide bonds. The first-order valence-electron chi connectivity index (χ1n) is 5.25. The molecule has 0 bridgehead atoms. The highest BCUT2D eigenvalue weighted by molar-refractivity contribution is 5.96. The summed E-state index contributed by atoms with van der Waals surface area (Å²) in [5.41, 5.74) is 0.179. The highest BCUT2D eigenvalue weighted by Gasteiger charge is 2.30. The third kappa shape index (κ3) is 2.20. The van der Waals surface area contributed by atoms with Gasteiger partial charge in [0.2, 0.25) is 0 Å². The predicted octanol–water partition coefficient (Wildman–Crippen LogP) is -0.858. The van der Waals surface area contributed by atoms with Gasteiger partial charge in [-0.2, -0.15) is 0 Å². The lowest BCUT2D eigenvalue weighted by atomic mass is 10.2. The van der Waals surface area contributed by atoms with Crippen molar-refractivity contribution in [3.63, 3.8) is 0 Å². The number of carbonyl (C=O) groups is 2. The quantitative estimate of drug-likeness (QED) is 0.720. The second-order valence-corrected chi connectivity index (χ2v) is 3.91. The third-order valence-electron chi connectivity index (χ3n) is 2.76. The molecule has 1 aromatic rings. The van der Waals surface area contributed by atoms with Gasteiger partial charge in [-0.15, -0.1) is 0 Å². The van der Waals surface area contributed by atoms with Gasteiger partial charge in [0, 0.05) is 12.7 Å². The van der Waals surface area contributed by atoms with Crippen molar-refractivity contribution in [2.75, 3.05) is 6.54 Å². The summed E-state index contributed by atoms with van der Waals surface area (Å²) in [7, 11) is 0. The second-order valence-electron chi connectivity index (χ2n) is 3.91. The molecule has 0 aromatic carbocycles. The Morgan fingerprint density at radius 1 is 1.47 bits per heavy atom. The molecule has 90 valence electrons. The molecule has 0 radical (unpaired) electrons. The van der Waals surface area contributed by atoms with Crippen LogP contribution in [-0.4, -0.2) is 39.5 Å². The maximum absolute atomic E-state index is 12.0. The van der Waals surface area contributed by atoms with Crippen molar-refractivity contribution in [3.05, 3.63) is 24.0 Å². The highest BCUT2D eigenvalue weighted by Crippen LogP contribution is 2.20. The molecule has 0 spiro atoms. The Morgan fingerprint density at radius 3 is 2.88 bits per heavy atom. The fourth-order valence-corrected chi connectivity index (χ4v) is 1.97. The monoisotopic (exact) mass is 235 g/mol. The fourth-order valence-electron chi connectivity index (χ4n) is 1.97. The first-order chi connectivity index (χ1) is 8.09. The van der Waals surface area contributed by atoms with E-state index in [1.54, 1.807) is 0 Å². The van der Waals surface area contributed by atoms with Gasteiger partial charge in [0.05, 0.1) is 23.8 Å². The average Bonchev–Trinajstić information content (AvgIpc) is 2.77. The van der Waals surface area contributed by atoms with E-state index in [1.165, 1.54) is 23.4 Å². The minimum Gasteiger partial charge on any atom is -0.548 e. The Kier molecular flexibility index (Phi) is 2.95. The number of hydrogen-bond donors (Lipinski definition) is 1. The zero-order chi connectivity index (χ0) is 12.4. The second kappa shape index (κ2) is 4.40. The van der Waals surface area contributed by atoms with Crippen LogP contribution in [0.25, 0.3) is 0 Å². The Hall–Kier alpha value is -2.11. The van der Waals surface area contributed by atoms with E-state index in [-0.39, 0.29) is 11.3 Å². The van der Waals surface area contributed by atoms with Crippen LogP contribution in [0.4, 0.5) is 0 Å².